The van der Waals surface area contributed by atoms with Gasteiger partial charge in [0.15, 0.2) is 0 Å². The Bertz CT molecular complexity index is 513. The van der Waals surface area contributed by atoms with Crippen LogP contribution in [0.25, 0.3) is 0 Å². The van der Waals surface area contributed by atoms with Crippen LogP contribution in [0.3, 0.4) is 0 Å². The average Bonchev–Trinajstić information content (AvgIpc) is 2.45. The van der Waals surface area contributed by atoms with E-state index in [9.17, 15) is 18.0 Å². The predicted octanol–water partition coefficient (Wildman–Crippen LogP) is 3.12. The molecule has 0 aliphatic carbocycles. The first-order chi connectivity index (χ1) is 9.88. The van der Waals surface area contributed by atoms with E-state index in [0.717, 1.165) is 37.9 Å². The van der Waals surface area contributed by atoms with Gasteiger partial charge in [0.25, 0.3) is 0 Å². The Morgan fingerprint density at radius 3 is 2.76 bits per heavy atom. The van der Waals surface area contributed by atoms with Crippen molar-refractivity contribution in [3.8, 4) is 0 Å². The zero-order chi connectivity index (χ0) is 15.5. The normalized spacial score (nSPS) is 19.3. The molecule has 0 saturated carbocycles. The molecule has 3 nitrogen and oxygen atoms in total. The standard InChI is InChI=1S/C14H16ClF3N2O/c15-11-5-4-10(14(16,17)18)7-9(11)8-20-13(21)12-3-1-2-6-19-12/h4-5,7,12,19H,1-3,6,8H2,(H,20,21). The Balaban J connectivity index is 2.00. The lowest BCUT2D eigenvalue weighted by Crippen LogP contribution is -2.46. The van der Waals surface area contributed by atoms with Crippen molar-refractivity contribution in [3.63, 3.8) is 0 Å². The minimum Gasteiger partial charge on any atom is -0.351 e. The second-order valence-corrected chi connectivity index (χ2v) is 5.43. The molecule has 2 rings (SSSR count). The summed E-state index contributed by atoms with van der Waals surface area (Å²) in [6, 6.07) is 2.82. The zero-order valence-corrected chi connectivity index (χ0v) is 12.0. The molecule has 1 aromatic rings. The summed E-state index contributed by atoms with van der Waals surface area (Å²) >= 11 is 5.88. The monoisotopic (exact) mass is 320 g/mol. The maximum absolute atomic E-state index is 12.6. The highest BCUT2D eigenvalue weighted by atomic mass is 35.5. The summed E-state index contributed by atoms with van der Waals surface area (Å²) in [7, 11) is 0. The molecule has 1 amide bonds. The summed E-state index contributed by atoms with van der Waals surface area (Å²) in [5.74, 6) is -0.205. The van der Waals surface area contributed by atoms with Gasteiger partial charge in [-0.2, -0.15) is 13.2 Å². The van der Waals surface area contributed by atoms with E-state index in [-0.39, 0.29) is 29.1 Å². The van der Waals surface area contributed by atoms with Gasteiger partial charge in [0.05, 0.1) is 11.6 Å². The highest BCUT2D eigenvalue weighted by molar-refractivity contribution is 6.31. The number of piperidine rings is 1. The maximum atomic E-state index is 12.6. The largest absolute Gasteiger partial charge is 0.416 e. The van der Waals surface area contributed by atoms with Crippen LogP contribution in [-0.2, 0) is 17.5 Å². The third kappa shape index (κ3) is 4.35. The quantitative estimate of drug-likeness (QED) is 0.898. The summed E-state index contributed by atoms with van der Waals surface area (Å²) in [4.78, 5) is 11.9. The molecule has 21 heavy (non-hydrogen) atoms. The highest BCUT2D eigenvalue weighted by Gasteiger charge is 2.31. The number of hydrogen-bond acceptors (Lipinski definition) is 2. The molecule has 1 atom stereocenters. The number of alkyl halides is 3. The fourth-order valence-corrected chi connectivity index (χ4v) is 2.45. The summed E-state index contributed by atoms with van der Waals surface area (Å²) in [5, 5.41) is 5.92. The van der Waals surface area contributed by atoms with Crippen molar-refractivity contribution in [2.45, 2.75) is 38.0 Å². The van der Waals surface area contributed by atoms with Gasteiger partial charge in [-0.3, -0.25) is 4.79 Å². The van der Waals surface area contributed by atoms with Gasteiger partial charge in [0.1, 0.15) is 0 Å². The van der Waals surface area contributed by atoms with E-state index < -0.39 is 11.7 Å². The molecular weight excluding hydrogens is 305 g/mol. The van der Waals surface area contributed by atoms with Gasteiger partial charge in [0.2, 0.25) is 5.91 Å². The molecule has 1 heterocycles. The SMILES string of the molecule is O=C(NCc1cc(C(F)(F)F)ccc1Cl)C1CCCCN1. The van der Waals surface area contributed by atoms with Gasteiger partial charge in [-0.1, -0.05) is 18.0 Å². The minimum absolute atomic E-state index is 0.0141. The van der Waals surface area contributed by atoms with Crippen molar-refractivity contribution in [2.24, 2.45) is 0 Å². The van der Waals surface area contributed by atoms with Crippen molar-refractivity contribution >= 4 is 17.5 Å². The van der Waals surface area contributed by atoms with Crippen molar-refractivity contribution in [3.05, 3.63) is 34.3 Å². The number of halogens is 4. The molecule has 0 aromatic heterocycles. The second-order valence-electron chi connectivity index (χ2n) is 5.02. The molecule has 0 spiro atoms. The first kappa shape index (κ1) is 16.1. The van der Waals surface area contributed by atoms with Gasteiger partial charge in [-0.25, -0.2) is 0 Å². The number of amides is 1. The molecular formula is C14H16ClF3N2O. The van der Waals surface area contributed by atoms with Crippen LogP contribution in [0.15, 0.2) is 18.2 Å². The van der Waals surface area contributed by atoms with Crippen LogP contribution in [0.5, 0.6) is 0 Å². The maximum Gasteiger partial charge on any atom is 0.416 e. The van der Waals surface area contributed by atoms with E-state index in [1.807, 2.05) is 0 Å². The first-order valence-electron chi connectivity index (χ1n) is 6.74. The summed E-state index contributed by atoms with van der Waals surface area (Å²) in [5.41, 5.74) is -0.511. The molecule has 2 N–H and O–H groups in total. The lowest BCUT2D eigenvalue weighted by Gasteiger charge is -2.22. The summed E-state index contributed by atoms with van der Waals surface area (Å²) in [6.07, 6.45) is -1.69. The van der Waals surface area contributed by atoms with E-state index >= 15 is 0 Å². The van der Waals surface area contributed by atoms with Crippen molar-refractivity contribution in [1.29, 1.82) is 0 Å². The zero-order valence-electron chi connectivity index (χ0n) is 11.3. The van der Waals surface area contributed by atoms with Crippen LogP contribution in [0.2, 0.25) is 5.02 Å². The number of benzene rings is 1. The first-order valence-corrected chi connectivity index (χ1v) is 7.12. The third-order valence-electron chi connectivity index (χ3n) is 3.45. The highest BCUT2D eigenvalue weighted by Crippen LogP contribution is 2.31. The van der Waals surface area contributed by atoms with E-state index in [1.54, 1.807) is 0 Å². The van der Waals surface area contributed by atoms with Gasteiger partial charge < -0.3 is 10.6 Å². The topological polar surface area (TPSA) is 41.1 Å². The number of carbonyl (C=O) groups excluding carboxylic acids is 1. The Kier molecular flexibility index (Phi) is 5.11. The molecule has 1 fully saturated rings. The molecule has 1 saturated heterocycles. The number of rotatable bonds is 3. The summed E-state index contributed by atoms with van der Waals surface area (Å²) < 4.78 is 37.9. The van der Waals surface area contributed by atoms with E-state index in [2.05, 4.69) is 10.6 Å². The van der Waals surface area contributed by atoms with Gasteiger partial charge >= 0.3 is 6.18 Å². The lowest BCUT2D eigenvalue weighted by atomic mass is 10.0. The van der Waals surface area contributed by atoms with E-state index in [1.165, 1.54) is 6.07 Å². The fourth-order valence-electron chi connectivity index (χ4n) is 2.27. The molecule has 7 heteroatoms. The van der Waals surface area contributed by atoms with Crippen LogP contribution in [0, 0.1) is 0 Å². The lowest BCUT2D eigenvalue weighted by molar-refractivity contribution is -0.137. The molecule has 0 bridgehead atoms. The van der Waals surface area contributed by atoms with Crippen molar-refractivity contribution in [2.75, 3.05) is 6.54 Å². The molecule has 1 aliphatic rings. The molecule has 1 aliphatic heterocycles. The molecule has 0 radical (unpaired) electrons. The van der Waals surface area contributed by atoms with Crippen molar-refractivity contribution in [1.82, 2.24) is 10.6 Å². The van der Waals surface area contributed by atoms with Crippen LogP contribution in [-0.4, -0.2) is 18.5 Å². The van der Waals surface area contributed by atoms with Gasteiger partial charge in [-0.15, -0.1) is 0 Å². The predicted molar refractivity (Wildman–Crippen MR) is 73.9 cm³/mol. The third-order valence-corrected chi connectivity index (χ3v) is 3.82. The Morgan fingerprint density at radius 2 is 2.14 bits per heavy atom. The van der Waals surface area contributed by atoms with Crippen LogP contribution in [0.1, 0.15) is 30.4 Å². The Morgan fingerprint density at radius 1 is 1.38 bits per heavy atom. The fraction of sp³-hybridized carbons (Fsp3) is 0.500. The van der Waals surface area contributed by atoms with Gasteiger partial charge in [0, 0.05) is 11.6 Å². The second kappa shape index (κ2) is 6.66. The number of nitrogens with one attached hydrogen (secondary N) is 2. The Labute approximate surface area is 125 Å². The smallest absolute Gasteiger partial charge is 0.351 e. The van der Waals surface area contributed by atoms with Gasteiger partial charge in [-0.05, 0) is 43.1 Å². The molecule has 1 unspecified atom stereocenters. The minimum atomic E-state index is -4.42. The van der Waals surface area contributed by atoms with E-state index in [4.69, 9.17) is 11.6 Å². The van der Waals surface area contributed by atoms with E-state index in [0.29, 0.717) is 0 Å². The summed E-state index contributed by atoms with van der Waals surface area (Å²) in [6.45, 7) is 0.766. The Hall–Kier alpha value is -1.27. The number of hydrogen-bond donors (Lipinski definition) is 2. The molecule has 1 aromatic carbocycles. The number of carbonyl (C=O) groups is 1. The molecule has 116 valence electrons. The average molecular weight is 321 g/mol. The van der Waals surface area contributed by atoms with Crippen molar-refractivity contribution < 1.29 is 18.0 Å². The van der Waals surface area contributed by atoms with Crippen LogP contribution < -0.4 is 10.6 Å². The van der Waals surface area contributed by atoms with Crippen LogP contribution in [0.4, 0.5) is 13.2 Å². The van der Waals surface area contributed by atoms with Crippen LogP contribution >= 0.6 is 11.6 Å².